The maximum absolute atomic E-state index is 12.5. The molecule has 0 atom stereocenters. The van der Waals surface area contributed by atoms with Gasteiger partial charge in [-0.2, -0.15) is 0 Å². The average molecular weight is 372 g/mol. The maximum atomic E-state index is 12.5. The number of aryl methyl sites for hydroxylation is 2. The molecule has 0 aromatic heterocycles. The molecule has 138 valence electrons. The minimum Gasteiger partial charge on any atom is -0.322 e. The van der Waals surface area contributed by atoms with Crippen LogP contribution < -0.4 is 5.32 Å². The minimum absolute atomic E-state index is 0.0284. The smallest absolute Gasteiger partial charge is 0.321 e. The summed E-state index contributed by atoms with van der Waals surface area (Å²) in [6, 6.07) is 16.1. The number of benzene rings is 2. The fourth-order valence-corrected chi connectivity index (χ4v) is 3.51. The third-order valence-electron chi connectivity index (χ3n) is 4.87. The Morgan fingerprint density at radius 3 is 2.50 bits per heavy atom. The van der Waals surface area contributed by atoms with Gasteiger partial charge < -0.3 is 10.2 Å². The van der Waals surface area contributed by atoms with Gasteiger partial charge in [0.25, 0.3) is 0 Å². The molecule has 2 aromatic rings. The molecule has 1 N–H and O–H groups in total. The number of nitrogens with zero attached hydrogens (tertiary/aromatic N) is 2. The van der Waals surface area contributed by atoms with Crippen LogP contribution in [0.2, 0.25) is 5.02 Å². The number of carbonyl (C=O) groups excluding carboxylic acids is 1. The van der Waals surface area contributed by atoms with E-state index in [-0.39, 0.29) is 6.03 Å². The van der Waals surface area contributed by atoms with E-state index in [1.54, 1.807) is 6.07 Å². The van der Waals surface area contributed by atoms with E-state index in [9.17, 15) is 4.79 Å². The van der Waals surface area contributed by atoms with Crippen molar-refractivity contribution in [3.05, 3.63) is 64.7 Å². The molecule has 5 heteroatoms. The molecule has 26 heavy (non-hydrogen) atoms. The van der Waals surface area contributed by atoms with Gasteiger partial charge in [-0.1, -0.05) is 41.9 Å². The Bertz CT molecular complexity index is 727. The molecule has 0 aliphatic carbocycles. The van der Waals surface area contributed by atoms with Gasteiger partial charge >= 0.3 is 6.03 Å². The van der Waals surface area contributed by atoms with Crippen LogP contribution in [-0.2, 0) is 6.42 Å². The van der Waals surface area contributed by atoms with Crippen molar-refractivity contribution >= 4 is 23.3 Å². The predicted octanol–water partition coefficient (Wildman–Crippen LogP) is 4.43. The number of halogens is 1. The Labute approximate surface area is 160 Å². The molecule has 1 aliphatic rings. The Balaban J connectivity index is 1.41. The SMILES string of the molecule is Cc1cc(Cl)ccc1NC(=O)N1CCN(CCCc2ccccc2)CC1. The lowest BCUT2D eigenvalue weighted by molar-refractivity contribution is 0.146. The number of anilines is 1. The number of hydrogen-bond donors (Lipinski definition) is 1. The summed E-state index contributed by atoms with van der Waals surface area (Å²) in [4.78, 5) is 16.8. The van der Waals surface area contributed by atoms with Crippen LogP contribution in [0.15, 0.2) is 48.5 Å². The van der Waals surface area contributed by atoms with Crippen LogP contribution in [0, 0.1) is 6.92 Å². The van der Waals surface area contributed by atoms with E-state index < -0.39 is 0 Å². The second-order valence-corrected chi connectivity index (χ2v) is 7.24. The Kier molecular flexibility index (Phi) is 6.53. The van der Waals surface area contributed by atoms with E-state index in [1.165, 1.54) is 5.56 Å². The van der Waals surface area contributed by atoms with Crippen molar-refractivity contribution in [1.29, 1.82) is 0 Å². The van der Waals surface area contributed by atoms with Crippen LogP contribution in [0.1, 0.15) is 17.5 Å². The molecule has 0 bridgehead atoms. The fraction of sp³-hybridized carbons (Fsp3) is 0.381. The van der Waals surface area contributed by atoms with Crippen molar-refractivity contribution in [3.63, 3.8) is 0 Å². The Morgan fingerprint density at radius 1 is 1.08 bits per heavy atom. The largest absolute Gasteiger partial charge is 0.322 e. The first-order valence-electron chi connectivity index (χ1n) is 9.20. The number of rotatable bonds is 5. The average Bonchev–Trinajstić information content (AvgIpc) is 2.65. The van der Waals surface area contributed by atoms with Crippen LogP contribution in [0.4, 0.5) is 10.5 Å². The fourth-order valence-electron chi connectivity index (χ4n) is 3.29. The number of nitrogens with one attached hydrogen (secondary N) is 1. The first-order chi connectivity index (χ1) is 12.6. The number of piperazine rings is 1. The van der Waals surface area contributed by atoms with Gasteiger partial charge in [0.05, 0.1) is 0 Å². The molecular formula is C21H26ClN3O. The van der Waals surface area contributed by atoms with E-state index in [1.807, 2.05) is 24.0 Å². The lowest BCUT2D eigenvalue weighted by atomic mass is 10.1. The summed E-state index contributed by atoms with van der Waals surface area (Å²) < 4.78 is 0. The highest BCUT2D eigenvalue weighted by molar-refractivity contribution is 6.30. The molecule has 2 aromatic carbocycles. The highest BCUT2D eigenvalue weighted by atomic mass is 35.5. The van der Waals surface area contributed by atoms with Gasteiger partial charge in [-0.15, -0.1) is 0 Å². The standard InChI is InChI=1S/C21H26ClN3O/c1-17-16-19(22)9-10-20(17)23-21(26)25-14-12-24(13-15-25)11-5-8-18-6-3-2-4-7-18/h2-4,6-7,9-10,16H,5,8,11-15H2,1H3,(H,23,26). The summed E-state index contributed by atoms with van der Waals surface area (Å²) in [5, 5.41) is 3.68. The first-order valence-corrected chi connectivity index (χ1v) is 9.58. The van der Waals surface area contributed by atoms with E-state index in [0.717, 1.165) is 56.8 Å². The quantitative estimate of drug-likeness (QED) is 0.843. The molecule has 1 fully saturated rings. The third kappa shape index (κ3) is 5.23. The predicted molar refractivity (Wildman–Crippen MR) is 108 cm³/mol. The van der Waals surface area contributed by atoms with Crippen molar-refractivity contribution in [3.8, 4) is 0 Å². The van der Waals surface area contributed by atoms with Crippen molar-refractivity contribution < 1.29 is 4.79 Å². The minimum atomic E-state index is -0.0284. The van der Waals surface area contributed by atoms with E-state index in [0.29, 0.717) is 5.02 Å². The molecule has 0 radical (unpaired) electrons. The zero-order valence-electron chi connectivity index (χ0n) is 15.2. The summed E-state index contributed by atoms with van der Waals surface area (Å²) in [6.45, 7) is 6.43. The first kappa shape index (κ1) is 18.7. The van der Waals surface area contributed by atoms with Crippen molar-refractivity contribution in [1.82, 2.24) is 9.80 Å². The highest BCUT2D eigenvalue weighted by Crippen LogP contribution is 2.20. The van der Waals surface area contributed by atoms with Gasteiger partial charge in [-0.25, -0.2) is 4.79 Å². The topological polar surface area (TPSA) is 35.6 Å². The zero-order valence-corrected chi connectivity index (χ0v) is 16.0. The summed E-state index contributed by atoms with van der Waals surface area (Å²) in [5.41, 5.74) is 3.19. The third-order valence-corrected chi connectivity index (χ3v) is 5.11. The number of carbonyl (C=O) groups is 1. The molecule has 3 rings (SSSR count). The van der Waals surface area contributed by atoms with Gasteiger partial charge in [0, 0.05) is 36.9 Å². The summed E-state index contributed by atoms with van der Waals surface area (Å²) in [5.74, 6) is 0. The molecule has 1 saturated heterocycles. The van der Waals surface area contributed by atoms with Crippen LogP contribution in [0.25, 0.3) is 0 Å². The number of hydrogen-bond acceptors (Lipinski definition) is 2. The lowest BCUT2D eigenvalue weighted by Gasteiger charge is -2.34. The van der Waals surface area contributed by atoms with Crippen molar-refractivity contribution in [2.75, 3.05) is 38.0 Å². The van der Waals surface area contributed by atoms with Gasteiger partial charge in [0.2, 0.25) is 0 Å². The normalized spacial score (nSPS) is 15.1. The van der Waals surface area contributed by atoms with Gasteiger partial charge in [0.15, 0.2) is 0 Å². The monoisotopic (exact) mass is 371 g/mol. The highest BCUT2D eigenvalue weighted by Gasteiger charge is 2.21. The van der Waals surface area contributed by atoms with Gasteiger partial charge in [0.1, 0.15) is 0 Å². The second kappa shape index (κ2) is 9.06. The summed E-state index contributed by atoms with van der Waals surface area (Å²) in [7, 11) is 0. The summed E-state index contributed by atoms with van der Waals surface area (Å²) in [6.07, 6.45) is 2.26. The van der Waals surface area contributed by atoms with Crippen LogP contribution >= 0.6 is 11.6 Å². The van der Waals surface area contributed by atoms with E-state index >= 15 is 0 Å². The van der Waals surface area contributed by atoms with E-state index in [4.69, 9.17) is 11.6 Å². The molecular weight excluding hydrogens is 346 g/mol. The molecule has 1 heterocycles. The summed E-state index contributed by atoms with van der Waals surface area (Å²) >= 11 is 5.97. The van der Waals surface area contributed by atoms with Crippen LogP contribution in [0.3, 0.4) is 0 Å². The molecule has 2 amide bonds. The lowest BCUT2D eigenvalue weighted by Crippen LogP contribution is -2.50. The molecule has 4 nitrogen and oxygen atoms in total. The maximum Gasteiger partial charge on any atom is 0.321 e. The zero-order chi connectivity index (χ0) is 18.4. The van der Waals surface area contributed by atoms with Crippen molar-refractivity contribution in [2.45, 2.75) is 19.8 Å². The molecule has 1 aliphatic heterocycles. The van der Waals surface area contributed by atoms with Gasteiger partial charge in [-0.3, -0.25) is 4.90 Å². The molecule has 0 spiro atoms. The number of amides is 2. The van der Waals surface area contributed by atoms with Crippen LogP contribution in [0.5, 0.6) is 0 Å². The van der Waals surface area contributed by atoms with Gasteiger partial charge in [-0.05, 0) is 55.6 Å². The van der Waals surface area contributed by atoms with E-state index in [2.05, 4.69) is 40.5 Å². The second-order valence-electron chi connectivity index (χ2n) is 6.81. The molecule has 0 saturated carbocycles. The molecule has 0 unspecified atom stereocenters. The Morgan fingerprint density at radius 2 is 1.81 bits per heavy atom. The number of urea groups is 1. The Hall–Kier alpha value is -2.04. The van der Waals surface area contributed by atoms with Crippen LogP contribution in [-0.4, -0.2) is 48.6 Å². The van der Waals surface area contributed by atoms with Crippen molar-refractivity contribution in [2.24, 2.45) is 0 Å².